The zero-order valence-electron chi connectivity index (χ0n) is 10.4. The van der Waals surface area contributed by atoms with E-state index in [4.69, 9.17) is 17.0 Å². The zero-order valence-corrected chi connectivity index (χ0v) is 11.2. The molecule has 19 heavy (non-hydrogen) atoms. The molecule has 0 bridgehead atoms. The van der Waals surface area contributed by atoms with Gasteiger partial charge in [0.05, 0.1) is 4.92 Å². The number of hydrogen-bond donors (Lipinski definition) is 1. The van der Waals surface area contributed by atoms with Gasteiger partial charge < -0.3 is 9.30 Å². The van der Waals surface area contributed by atoms with Gasteiger partial charge in [-0.2, -0.15) is 5.10 Å². The van der Waals surface area contributed by atoms with Crippen molar-refractivity contribution in [2.45, 2.75) is 13.5 Å². The normalized spacial score (nSPS) is 10.4. The first kappa shape index (κ1) is 13.2. The summed E-state index contributed by atoms with van der Waals surface area (Å²) in [5.74, 6) is 1.24. The predicted molar refractivity (Wildman–Crippen MR) is 70.6 cm³/mol. The fraction of sp³-hybridized carbons (Fsp3) is 0.273. The van der Waals surface area contributed by atoms with E-state index in [9.17, 15) is 10.1 Å². The Morgan fingerprint density at radius 3 is 2.84 bits per heavy atom. The second kappa shape index (κ2) is 5.19. The standard InChI is InChI=1S/C11H12N4O3S/c1-7-5-8(15(16)17)3-4-9(7)18-6-10-12-13-11(19)14(10)2/h3-5H,6H2,1-2H3,(H,13,19). The number of ether oxygens (including phenoxy) is 1. The highest BCUT2D eigenvalue weighted by molar-refractivity contribution is 7.71. The molecule has 0 aliphatic carbocycles. The molecule has 0 atom stereocenters. The molecule has 0 unspecified atom stereocenters. The third-order valence-electron chi connectivity index (χ3n) is 2.70. The number of aromatic amines is 1. The van der Waals surface area contributed by atoms with E-state index < -0.39 is 4.92 Å². The van der Waals surface area contributed by atoms with Crippen molar-refractivity contribution < 1.29 is 9.66 Å². The molecule has 0 amide bonds. The SMILES string of the molecule is Cc1cc([N+](=O)[O-])ccc1OCc1n[nH]c(=S)n1C. The van der Waals surface area contributed by atoms with Crippen LogP contribution in [0.4, 0.5) is 5.69 Å². The average molecular weight is 280 g/mol. The molecule has 1 aromatic heterocycles. The first-order valence-electron chi connectivity index (χ1n) is 5.47. The fourth-order valence-electron chi connectivity index (χ4n) is 1.56. The van der Waals surface area contributed by atoms with Crippen LogP contribution in [0.1, 0.15) is 11.4 Å². The van der Waals surface area contributed by atoms with E-state index in [2.05, 4.69) is 10.2 Å². The van der Waals surface area contributed by atoms with Gasteiger partial charge in [-0.3, -0.25) is 15.2 Å². The predicted octanol–water partition coefficient (Wildman–Crippen LogP) is 2.27. The Bertz CT molecular complexity index is 677. The number of aromatic nitrogens is 3. The quantitative estimate of drug-likeness (QED) is 0.527. The Hall–Kier alpha value is -2.22. The summed E-state index contributed by atoms with van der Waals surface area (Å²) in [6.45, 7) is 1.99. The van der Waals surface area contributed by atoms with Crippen molar-refractivity contribution in [3.05, 3.63) is 44.5 Å². The van der Waals surface area contributed by atoms with Crippen molar-refractivity contribution in [1.29, 1.82) is 0 Å². The van der Waals surface area contributed by atoms with E-state index in [0.717, 1.165) is 0 Å². The maximum absolute atomic E-state index is 10.6. The van der Waals surface area contributed by atoms with Gasteiger partial charge in [0.25, 0.3) is 5.69 Å². The van der Waals surface area contributed by atoms with Crippen molar-refractivity contribution in [2.24, 2.45) is 7.05 Å². The van der Waals surface area contributed by atoms with Crippen LogP contribution < -0.4 is 4.74 Å². The summed E-state index contributed by atoms with van der Waals surface area (Å²) < 4.78 is 7.80. The summed E-state index contributed by atoms with van der Waals surface area (Å²) in [6.07, 6.45) is 0. The maximum atomic E-state index is 10.6. The number of non-ortho nitro benzene ring substituents is 1. The molecule has 0 spiro atoms. The van der Waals surface area contributed by atoms with Crippen LogP contribution in [0.25, 0.3) is 0 Å². The van der Waals surface area contributed by atoms with Crippen LogP contribution in [-0.2, 0) is 13.7 Å². The van der Waals surface area contributed by atoms with Gasteiger partial charge >= 0.3 is 0 Å². The van der Waals surface area contributed by atoms with Crippen molar-refractivity contribution in [1.82, 2.24) is 14.8 Å². The summed E-state index contributed by atoms with van der Waals surface area (Å²) in [4.78, 5) is 10.2. The number of benzene rings is 1. The first-order valence-corrected chi connectivity index (χ1v) is 5.88. The molecule has 100 valence electrons. The topological polar surface area (TPSA) is 86.0 Å². The number of hydrogen-bond acceptors (Lipinski definition) is 5. The third kappa shape index (κ3) is 2.79. The highest BCUT2D eigenvalue weighted by atomic mass is 32.1. The molecule has 1 N–H and O–H groups in total. The van der Waals surface area contributed by atoms with Crippen molar-refractivity contribution in [3.8, 4) is 5.75 Å². The fourth-order valence-corrected chi connectivity index (χ4v) is 1.71. The molecule has 0 saturated carbocycles. The first-order chi connectivity index (χ1) is 8.99. The van der Waals surface area contributed by atoms with Gasteiger partial charge in [-0.25, -0.2) is 0 Å². The molecular weight excluding hydrogens is 268 g/mol. The van der Waals surface area contributed by atoms with E-state index in [0.29, 0.717) is 21.9 Å². The average Bonchev–Trinajstić information content (AvgIpc) is 2.68. The van der Waals surface area contributed by atoms with Crippen LogP contribution in [0.15, 0.2) is 18.2 Å². The molecule has 8 heteroatoms. The smallest absolute Gasteiger partial charge is 0.269 e. The Morgan fingerprint density at radius 1 is 1.58 bits per heavy atom. The van der Waals surface area contributed by atoms with Gasteiger partial charge in [0.2, 0.25) is 0 Å². The molecule has 1 heterocycles. The van der Waals surface area contributed by atoms with Gasteiger partial charge in [0.1, 0.15) is 12.4 Å². The number of rotatable bonds is 4. The summed E-state index contributed by atoms with van der Waals surface area (Å²) in [7, 11) is 1.78. The van der Waals surface area contributed by atoms with E-state index >= 15 is 0 Å². The van der Waals surface area contributed by atoms with Crippen LogP contribution >= 0.6 is 12.2 Å². The number of nitrogens with one attached hydrogen (secondary N) is 1. The number of H-pyrrole nitrogens is 1. The van der Waals surface area contributed by atoms with Crippen LogP contribution in [0.2, 0.25) is 0 Å². The minimum atomic E-state index is -0.437. The third-order valence-corrected chi connectivity index (χ3v) is 3.06. The molecule has 0 saturated heterocycles. The van der Waals surface area contributed by atoms with Gasteiger partial charge in [-0.15, -0.1) is 0 Å². The van der Waals surface area contributed by atoms with Crippen LogP contribution in [0.3, 0.4) is 0 Å². The molecule has 0 aliphatic rings. The zero-order chi connectivity index (χ0) is 14.0. The van der Waals surface area contributed by atoms with Crippen molar-refractivity contribution in [3.63, 3.8) is 0 Å². The van der Waals surface area contributed by atoms with Crippen LogP contribution in [-0.4, -0.2) is 19.7 Å². The van der Waals surface area contributed by atoms with E-state index in [1.165, 1.54) is 12.1 Å². The van der Waals surface area contributed by atoms with Crippen molar-refractivity contribution >= 4 is 17.9 Å². The molecule has 2 rings (SSSR count). The lowest BCUT2D eigenvalue weighted by atomic mass is 10.2. The minimum Gasteiger partial charge on any atom is -0.485 e. The largest absolute Gasteiger partial charge is 0.485 e. The van der Waals surface area contributed by atoms with Gasteiger partial charge in [-0.05, 0) is 30.8 Å². The maximum Gasteiger partial charge on any atom is 0.269 e. The molecule has 0 fully saturated rings. The molecule has 0 radical (unpaired) electrons. The Morgan fingerprint density at radius 2 is 2.32 bits per heavy atom. The molecule has 0 aliphatic heterocycles. The molecule has 7 nitrogen and oxygen atoms in total. The second-order valence-corrected chi connectivity index (χ2v) is 4.39. The molecule has 1 aromatic carbocycles. The molecule has 2 aromatic rings. The second-order valence-electron chi connectivity index (χ2n) is 4.00. The number of aryl methyl sites for hydroxylation is 1. The van der Waals surface area contributed by atoms with E-state index in [-0.39, 0.29) is 12.3 Å². The van der Waals surface area contributed by atoms with E-state index in [1.54, 1.807) is 24.6 Å². The number of nitro groups is 1. The van der Waals surface area contributed by atoms with Gasteiger partial charge in [0.15, 0.2) is 10.6 Å². The van der Waals surface area contributed by atoms with Crippen LogP contribution in [0, 0.1) is 21.8 Å². The summed E-state index contributed by atoms with van der Waals surface area (Å²) >= 11 is 4.99. The van der Waals surface area contributed by atoms with Gasteiger partial charge in [-0.1, -0.05) is 0 Å². The minimum absolute atomic E-state index is 0.0445. The summed E-state index contributed by atoms with van der Waals surface area (Å²) in [5.41, 5.74) is 0.744. The highest BCUT2D eigenvalue weighted by Gasteiger charge is 2.10. The number of nitrogens with zero attached hydrogens (tertiary/aromatic N) is 3. The van der Waals surface area contributed by atoms with E-state index in [1.807, 2.05) is 0 Å². The van der Waals surface area contributed by atoms with Crippen molar-refractivity contribution in [2.75, 3.05) is 0 Å². The number of nitro benzene ring substituents is 1. The highest BCUT2D eigenvalue weighted by Crippen LogP contribution is 2.23. The Labute approximate surface area is 114 Å². The monoisotopic (exact) mass is 280 g/mol. The Balaban J connectivity index is 2.14. The summed E-state index contributed by atoms with van der Waals surface area (Å²) in [5, 5.41) is 17.3. The van der Waals surface area contributed by atoms with Crippen LogP contribution in [0.5, 0.6) is 5.75 Å². The lowest BCUT2D eigenvalue weighted by Gasteiger charge is -2.08. The Kier molecular flexibility index (Phi) is 3.61. The lowest BCUT2D eigenvalue weighted by Crippen LogP contribution is -2.04. The molecular formula is C11H12N4O3S. The lowest BCUT2D eigenvalue weighted by molar-refractivity contribution is -0.384. The van der Waals surface area contributed by atoms with Gasteiger partial charge in [0, 0.05) is 19.2 Å². The summed E-state index contributed by atoms with van der Waals surface area (Å²) in [6, 6.07) is 4.46.